The summed E-state index contributed by atoms with van der Waals surface area (Å²) in [5.74, 6) is -0.965. The van der Waals surface area contributed by atoms with E-state index >= 15 is 0 Å². The van der Waals surface area contributed by atoms with Gasteiger partial charge in [-0.15, -0.1) is 0 Å². The van der Waals surface area contributed by atoms with E-state index < -0.39 is 16.9 Å². The van der Waals surface area contributed by atoms with Crippen LogP contribution in [0.3, 0.4) is 0 Å². The van der Waals surface area contributed by atoms with Crippen LogP contribution >= 0.6 is 11.6 Å². The fraction of sp³-hybridized carbons (Fsp3) is 0.0833. The molecule has 0 spiro atoms. The predicted octanol–water partition coefficient (Wildman–Crippen LogP) is 1.82. The van der Waals surface area contributed by atoms with E-state index in [1.807, 2.05) is 0 Å². The smallest absolute Gasteiger partial charge is 0.352 e. The Bertz CT molecular complexity index is 816. The monoisotopic (exact) mass is 321 g/mol. The second-order valence-electron chi connectivity index (χ2n) is 4.45. The molecule has 0 saturated heterocycles. The zero-order valence-corrected chi connectivity index (χ0v) is 11.6. The summed E-state index contributed by atoms with van der Waals surface area (Å²) in [6, 6.07) is 3.25. The Morgan fingerprint density at radius 3 is 2.95 bits per heavy atom. The number of carboxylic acid groups (broad SMARTS) is 1. The second kappa shape index (κ2) is 5.11. The quantitative estimate of drug-likeness (QED) is 0.652. The third kappa shape index (κ3) is 2.27. The second-order valence-corrected chi connectivity index (χ2v) is 4.85. The first-order valence-electron chi connectivity index (χ1n) is 6.03. The van der Waals surface area contributed by atoms with Crippen LogP contribution in [0.2, 0.25) is 5.02 Å². The van der Waals surface area contributed by atoms with Crippen LogP contribution in [0.5, 0.6) is 0 Å². The van der Waals surface area contributed by atoms with Crippen LogP contribution in [0.15, 0.2) is 36.3 Å². The number of rotatable bonds is 3. The molecule has 2 aromatic rings. The van der Waals surface area contributed by atoms with Crippen molar-refractivity contribution in [3.8, 4) is 0 Å². The molecule has 2 N–H and O–H groups in total. The standard InChI is InChI=1S/C12H8ClN5O4/c13-8-2-1-6(18(21)22)3-7(8)10-4-9(11(19)20)16-12-14-5-15-17(10)12/h1-5,10H,(H,19,20)(H,14,15,16)/t10-/m0/s1. The number of hydrogen-bond acceptors (Lipinski definition) is 6. The molecular weight excluding hydrogens is 314 g/mol. The van der Waals surface area contributed by atoms with Gasteiger partial charge in [0.2, 0.25) is 5.95 Å². The summed E-state index contributed by atoms with van der Waals surface area (Å²) in [7, 11) is 0. The zero-order chi connectivity index (χ0) is 15.9. The summed E-state index contributed by atoms with van der Waals surface area (Å²) in [5, 5.41) is 26.9. The number of aromatic nitrogens is 3. The van der Waals surface area contributed by atoms with Gasteiger partial charge < -0.3 is 10.4 Å². The summed E-state index contributed by atoms with van der Waals surface area (Å²) in [6.07, 6.45) is 2.62. The van der Waals surface area contributed by atoms with Crippen molar-refractivity contribution in [1.82, 2.24) is 14.8 Å². The number of nitro groups is 1. The highest BCUT2D eigenvalue weighted by Gasteiger charge is 2.28. The molecule has 22 heavy (non-hydrogen) atoms. The molecule has 0 amide bonds. The molecule has 0 radical (unpaired) electrons. The van der Waals surface area contributed by atoms with E-state index in [0.29, 0.717) is 5.56 Å². The van der Waals surface area contributed by atoms with Crippen LogP contribution in [0.4, 0.5) is 11.6 Å². The third-order valence-corrected chi connectivity index (χ3v) is 3.49. The lowest BCUT2D eigenvalue weighted by molar-refractivity contribution is -0.384. The third-order valence-electron chi connectivity index (χ3n) is 3.15. The highest BCUT2D eigenvalue weighted by atomic mass is 35.5. The first-order valence-corrected chi connectivity index (χ1v) is 6.40. The summed E-state index contributed by atoms with van der Waals surface area (Å²) in [6.45, 7) is 0. The largest absolute Gasteiger partial charge is 0.477 e. The van der Waals surface area contributed by atoms with Gasteiger partial charge in [0.25, 0.3) is 5.69 Å². The Labute approximate surface area is 128 Å². The number of allylic oxidation sites excluding steroid dienone is 1. The lowest BCUT2D eigenvalue weighted by Crippen LogP contribution is -2.24. The number of anilines is 1. The molecular formula is C12H8ClN5O4. The summed E-state index contributed by atoms with van der Waals surface area (Å²) in [5.41, 5.74) is 0.112. The van der Waals surface area contributed by atoms with Crippen LogP contribution < -0.4 is 5.32 Å². The molecule has 1 aromatic heterocycles. The molecule has 10 heteroatoms. The van der Waals surface area contributed by atoms with E-state index in [2.05, 4.69) is 15.4 Å². The van der Waals surface area contributed by atoms with Gasteiger partial charge in [-0.1, -0.05) is 11.6 Å². The molecule has 112 valence electrons. The molecule has 2 heterocycles. The molecule has 1 aromatic carbocycles. The maximum Gasteiger partial charge on any atom is 0.352 e. The number of nitro benzene ring substituents is 1. The lowest BCUT2D eigenvalue weighted by atomic mass is 10.0. The van der Waals surface area contributed by atoms with Crippen molar-refractivity contribution in [2.45, 2.75) is 6.04 Å². The van der Waals surface area contributed by atoms with Crippen LogP contribution in [0.25, 0.3) is 0 Å². The number of hydrogen-bond donors (Lipinski definition) is 2. The number of fused-ring (bicyclic) bond motifs is 1. The highest BCUT2D eigenvalue weighted by molar-refractivity contribution is 6.31. The zero-order valence-electron chi connectivity index (χ0n) is 10.8. The normalized spacial score (nSPS) is 16.4. The van der Waals surface area contributed by atoms with Crippen molar-refractivity contribution in [2.24, 2.45) is 0 Å². The molecule has 0 saturated carbocycles. The van der Waals surface area contributed by atoms with Gasteiger partial charge in [0.05, 0.1) is 4.92 Å². The predicted molar refractivity (Wildman–Crippen MR) is 75.6 cm³/mol. The van der Waals surface area contributed by atoms with E-state index in [4.69, 9.17) is 16.7 Å². The van der Waals surface area contributed by atoms with Gasteiger partial charge in [0.15, 0.2) is 0 Å². The van der Waals surface area contributed by atoms with E-state index in [1.165, 1.54) is 35.3 Å². The number of aliphatic carboxylic acids is 1. The fourth-order valence-electron chi connectivity index (χ4n) is 2.15. The fourth-order valence-corrected chi connectivity index (χ4v) is 2.38. The van der Waals surface area contributed by atoms with Crippen molar-refractivity contribution in [3.63, 3.8) is 0 Å². The molecule has 1 aliphatic rings. The van der Waals surface area contributed by atoms with Crippen LogP contribution in [-0.2, 0) is 4.79 Å². The summed E-state index contributed by atoms with van der Waals surface area (Å²) in [4.78, 5) is 25.5. The Kier molecular flexibility index (Phi) is 3.26. The van der Waals surface area contributed by atoms with Crippen molar-refractivity contribution >= 4 is 29.2 Å². The first kappa shape index (κ1) is 14.0. The van der Waals surface area contributed by atoms with Crippen LogP contribution in [-0.4, -0.2) is 30.8 Å². The van der Waals surface area contributed by atoms with Crippen LogP contribution in [0.1, 0.15) is 11.6 Å². The first-order chi connectivity index (χ1) is 10.5. The molecule has 0 bridgehead atoms. The van der Waals surface area contributed by atoms with Crippen molar-refractivity contribution in [1.29, 1.82) is 0 Å². The van der Waals surface area contributed by atoms with E-state index in [-0.39, 0.29) is 22.4 Å². The number of nitrogens with zero attached hydrogens (tertiary/aromatic N) is 4. The average Bonchev–Trinajstić information content (AvgIpc) is 2.94. The number of carbonyl (C=O) groups is 1. The van der Waals surface area contributed by atoms with Crippen molar-refractivity contribution in [2.75, 3.05) is 5.32 Å². The van der Waals surface area contributed by atoms with Gasteiger partial charge in [-0.25, -0.2) is 9.48 Å². The average molecular weight is 322 g/mol. The van der Waals surface area contributed by atoms with E-state index in [1.54, 1.807) is 0 Å². The highest BCUT2D eigenvalue weighted by Crippen LogP contribution is 2.34. The maximum absolute atomic E-state index is 11.2. The minimum atomic E-state index is -1.18. The van der Waals surface area contributed by atoms with E-state index in [9.17, 15) is 14.9 Å². The Hall–Kier alpha value is -2.94. The summed E-state index contributed by atoms with van der Waals surface area (Å²) < 4.78 is 1.40. The van der Waals surface area contributed by atoms with Crippen LogP contribution in [0, 0.1) is 10.1 Å². The number of halogens is 1. The summed E-state index contributed by atoms with van der Waals surface area (Å²) >= 11 is 6.11. The van der Waals surface area contributed by atoms with E-state index in [0.717, 1.165) is 0 Å². The molecule has 9 nitrogen and oxygen atoms in total. The molecule has 1 atom stereocenters. The molecule has 1 aliphatic heterocycles. The van der Waals surface area contributed by atoms with Gasteiger partial charge >= 0.3 is 5.97 Å². The number of benzene rings is 1. The molecule has 0 fully saturated rings. The van der Waals surface area contributed by atoms with Gasteiger partial charge in [0, 0.05) is 22.7 Å². The number of nitrogens with one attached hydrogen (secondary N) is 1. The molecule has 0 aliphatic carbocycles. The van der Waals surface area contributed by atoms with Crippen molar-refractivity contribution in [3.05, 3.63) is 57.0 Å². The van der Waals surface area contributed by atoms with Gasteiger partial charge in [-0.2, -0.15) is 10.1 Å². The topological polar surface area (TPSA) is 123 Å². The molecule has 0 unspecified atom stereocenters. The Balaban J connectivity index is 2.17. The Morgan fingerprint density at radius 1 is 1.50 bits per heavy atom. The van der Waals surface area contributed by atoms with Crippen molar-refractivity contribution < 1.29 is 14.8 Å². The SMILES string of the molecule is O=C(O)C1=C[C@@H](c2cc([N+](=O)[O-])ccc2Cl)n2ncnc2N1. The van der Waals surface area contributed by atoms with Gasteiger partial charge in [0.1, 0.15) is 18.1 Å². The van der Waals surface area contributed by atoms with Gasteiger partial charge in [-0.3, -0.25) is 10.1 Å². The maximum atomic E-state index is 11.2. The van der Waals surface area contributed by atoms with Gasteiger partial charge in [-0.05, 0) is 12.1 Å². The number of non-ortho nitro benzene ring substituents is 1. The minimum Gasteiger partial charge on any atom is -0.477 e. The minimum absolute atomic E-state index is 0.104. The lowest BCUT2D eigenvalue weighted by Gasteiger charge is -2.23. The number of carboxylic acids is 1. The molecule has 3 rings (SSSR count). The Morgan fingerprint density at radius 2 is 2.27 bits per heavy atom.